The van der Waals surface area contributed by atoms with Crippen LogP contribution in [0.3, 0.4) is 0 Å². The lowest BCUT2D eigenvalue weighted by Crippen LogP contribution is -2.22. The van der Waals surface area contributed by atoms with E-state index in [-0.39, 0.29) is 11.9 Å². The van der Waals surface area contributed by atoms with Gasteiger partial charge in [0.05, 0.1) is 0 Å². The van der Waals surface area contributed by atoms with Gasteiger partial charge >= 0.3 is 0 Å². The second kappa shape index (κ2) is 4.88. The standard InChI is InChI=1S/C14H20N2O/c1-3-11-7-10(6-9(2)15)8-12-4-5-13(17)16-14(11)12/h7-9H,3-6,15H2,1-2H3,(H,16,17). The molecule has 2 rings (SSSR count). The van der Waals surface area contributed by atoms with Crippen LogP contribution in [0.1, 0.15) is 37.0 Å². The van der Waals surface area contributed by atoms with Gasteiger partial charge in [0.1, 0.15) is 0 Å². The molecule has 1 aromatic rings. The number of anilines is 1. The average Bonchev–Trinajstić information content (AvgIpc) is 2.27. The summed E-state index contributed by atoms with van der Waals surface area (Å²) in [4.78, 5) is 11.4. The van der Waals surface area contributed by atoms with Gasteiger partial charge in [0.2, 0.25) is 5.91 Å². The zero-order chi connectivity index (χ0) is 12.4. The van der Waals surface area contributed by atoms with Crippen LogP contribution in [0.5, 0.6) is 0 Å². The monoisotopic (exact) mass is 232 g/mol. The number of rotatable bonds is 3. The number of carbonyl (C=O) groups is 1. The van der Waals surface area contributed by atoms with Crippen LogP contribution in [0.2, 0.25) is 0 Å². The van der Waals surface area contributed by atoms with E-state index in [2.05, 4.69) is 24.4 Å². The number of aryl methyl sites for hydroxylation is 2. The summed E-state index contributed by atoms with van der Waals surface area (Å²) in [7, 11) is 0. The van der Waals surface area contributed by atoms with Gasteiger partial charge in [-0.1, -0.05) is 19.1 Å². The molecule has 17 heavy (non-hydrogen) atoms. The Labute approximate surface area is 102 Å². The van der Waals surface area contributed by atoms with Crippen LogP contribution in [0, 0.1) is 0 Å². The first-order valence-corrected chi connectivity index (χ1v) is 6.30. The molecule has 1 aromatic carbocycles. The summed E-state index contributed by atoms with van der Waals surface area (Å²) in [5.74, 6) is 0.132. The first-order valence-electron chi connectivity index (χ1n) is 6.30. The highest BCUT2D eigenvalue weighted by Gasteiger charge is 2.18. The molecule has 0 saturated heterocycles. The number of fused-ring (bicyclic) bond motifs is 1. The van der Waals surface area contributed by atoms with Crippen molar-refractivity contribution in [2.24, 2.45) is 5.73 Å². The topological polar surface area (TPSA) is 55.1 Å². The van der Waals surface area contributed by atoms with Crippen LogP contribution in [0.4, 0.5) is 5.69 Å². The smallest absolute Gasteiger partial charge is 0.224 e. The Bertz CT molecular complexity index is 421. The van der Waals surface area contributed by atoms with Gasteiger partial charge in [-0.3, -0.25) is 4.79 Å². The highest BCUT2D eigenvalue weighted by atomic mass is 16.1. The van der Waals surface area contributed by atoms with Gasteiger partial charge in [0.15, 0.2) is 0 Å². The van der Waals surface area contributed by atoms with Crippen molar-refractivity contribution in [1.82, 2.24) is 0 Å². The molecule has 0 bridgehead atoms. The van der Waals surface area contributed by atoms with E-state index in [9.17, 15) is 4.79 Å². The van der Waals surface area contributed by atoms with Gasteiger partial charge in [-0.05, 0) is 42.9 Å². The van der Waals surface area contributed by atoms with E-state index in [0.717, 1.165) is 24.9 Å². The summed E-state index contributed by atoms with van der Waals surface area (Å²) in [6, 6.07) is 4.54. The number of benzene rings is 1. The third kappa shape index (κ3) is 2.67. The van der Waals surface area contributed by atoms with Crippen LogP contribution in [-0.4, -0.2) is 11.9 Å². The molecule has 92 valence electrons. The number of hydrogen-bond donors (Lipinski definition) is 2. The zero-order valence-electron chi connectivity index (χ0n) is 10.5. The number of nitrogens with two attached hydrogens (primary N) is 1. The predicted molar refractivity (Wildman–Crippen MR) is 70.1 cm³/mol. The Morgan fingerprint density at radius 3 is 2.82 bits per heavy atom. The lowest BCUT2D eigenvalue weighted by Gasteiger charge is -2.21. The third-order valence-electron chi connectivity index (χ3n) is 3.19. The molecule has 0 radical (unpaired) electrons. The van der Waals surface area contributed by atoms with Crippen LogP contribution in [-0.2, 0) is 24.1 Å². The normalized spacial score (nSPS) is 16.3. The second-order valence-electron chi connectivity index (χ2n) is 4.87. The van der Waals surface area contributed by atoms with Gasteiger partial charge in [0.25, 0.3) is 0 Å². The Kier molecular flexibility index (Phi) is 3.48. The van der Waals surface area contributed by atoms with Crippen molar-refractivity contribution in [2.75, 3.05) is 5.32 Å². The quantitative estimate of drug-likeness (QED) is 0.837. The van der Waals surface area contributed by atoms with Crippen LogP contribution < -0.4 is 11.1 Å². The highest BCUT2D eigenvalue weighted by Crippen LogP contribution is 2.29. The number of carbonyl (C=O) groups excluding carboxylic acids is 1. The maximum Gasteiger partial charge on any atom is 0.224 e. The minimum absolute atomic E-state index is 0.132. The van der Waals surface area contributed by atoms with Crippen molar-refractivity contribution in [3.05, 3.63) is 28.8 Å². The van der Waals surface area contributed by atoms with Crippen LogP contribution in [0.25, 0.3) is 0 Å². The van der Waals surface area contributed by atoms with Gasteiger partial charge in [0, 0.05) is 18.2 Å². The summed E-state index contributed by atoms with van der Waals surface area (Å²) in [6.07, 6.45) is 3.28. The van der Waals surface area contributed by atoms with Crippen molar-refractivity contribution in [3.8, 4) is 0 Å². The summed E-state index contributed by atoms with van der Waals surface area (Å²) in [5, 5.41) is 2.99. The summed E-state index contributed by atoms with van der Waals surface area (Å²) in [6.45, 7) is 4.14. The molecule has 3 N–H and O–H groups in total. The summed E-state index contributed by atoms with van der Waals surface area (Å²) < 4.78 is 0. The molecule has 0 spiro atoms. The fourth-order valence-electron chi connectivity index (χ4n) is 2.42. The lowest BCUT2D eigenvalue weighted by molar-refractivity contribution is -0.116. The van der Waals surface area contributed by atoms with E-state index in [1.807, 2.05) is 6.92 Å². The summed E-state index contributed by atoms with van der Waals surface area (Å²) in [5.41, 5.74) is 10.7. The first-order chi connectivity index (χ1) is 8.10. The van der Waals surface area contributed by atoms with Gasteiger partial charge in [-0.2, -0.15) is 0 Å². The molecule has 1 unspecified atom stereocenters. The molecule has 0 aliphatic carbocycles. The number of amides is 1. The average molecular weight is 232 g/mol. The molecule has 0 aromatic heterocycles. The first kappa shape index (κ1) is 12.1. The molecular formula is C14H20N2O. The van der Waals surface area contributed by atoms with E-state index < -0.39 is 0 Å². The van der Waals surface area contributed by atoms with Crippen molar-refractivity contribution in [2.45, 2.75) is 45.6 Å². The molecule has 1 aliphatic heterocycles. The molecule has 1 heterocycles. The maximum atomic E-state index is 11.4. The fourth-order valence-corrected chi connectivity index (χ4v) is 2.42. The molecule has 1 atom stereocenters. The molecule has 1 aliphatic rings. The van der Waals surface area contributed by atoms with E-state index in [1.54, 1.807) is 0 Å². The van der Waals surface area contributed by atoms with Gasteiger partial charge < -0.3 is 11.1 Å². The molecule has 3 nitrogen and oxygen atoms in total. The molecular weight excluding hydrogens is 212 g/mol. The largest absolute Gasteiger partial charge is 0.328 e. The fraction of sp³-hybridized carbons (Fsp3) is 0.500. The second-order valence-corrected chi connectivity index (χ2v) is 4.87. The Balaban J connectivity index is 2.39. The Hall–Kier alpha value is -1.35. The maximum absolute atomic E-state index is 11.4. The molecule has 0 fully saturated rings. The minimum Gasteiger partial charge on any atom is -0.328 e. The van der Waals surface area contributed by atoms with Crippen molar-refractivity contribution in [3.63, 3.8) is 0 Å². The van der Waals surface area contributed by atoms with Crippen molar-refractivity contribution in [1.29, 1.82) is 0 Å². The minimum atomic E-state index is 0.132. The SMILES string of the molecule is CCc1cc(CC(C)N)cc2c1NC(=O)CC2. The van der Waals surface area contributed by atoms with Gasteiger partial charge in [-0.15, -0.1) is 0 Å². The molecule has 1 amide bonds. The van der Waals surface area contributed by atoms with E-state index in [4.69, 9.17) is 5.73 Å². The lowest BCUT2D eigenvalue weighted by atomic mass is 9.93. The van der Waals surface area contributed by atoms with Crippen LogP contribution in [0.15, 0.2) is 12.1 Å². The van der Waals surface area contributed by atoms with Gasteiger partial charge in [-0.25, -0.2) is 0 Å². The Morgan fingerprint density at radius 1 is 1.41 bits per heavy atom. The van der Waals surface area contributed by atoms with E-state index in [0.29, 0.717) is 6.42 Å². The van der Waals surface area contributed by atoms with Crippen molar-refractivity contribution >= 4 is 11.6 Å². The highest BCUT2D eigenvalue weighted by molar-refractivity contribution is 5.94. The van der Waals surface area contributed by atoms with Crippen LogP contribution >= 0.6 is 0 Å². The van der Waals surface area contributed by atoms with Crippen molar-refractivity contribution < 1.29 is 4.79 Å². The third-order valence-corrected chi connectivity index (χ3v) is 3.19. The molecule has 3 heteroatoms. The van der Waals surface area contributed by atoms with E-state index >= 15 is 0 Å². The number of hydrogen-bond acceptors (Lipinski definition) is 2. The van der Waals surface area contributed by atoms with E-state index in [1.165, 1.54) is 16.7 Å². The summed E-state index contributed by atoms with van der Waals surface area (Å²) >= 11 is 0. The predicted octanol–water partition coefficient (Wildman–Crippen LogP) is 2.02. The Morgan fingerprint density at radius 2 is 2.18 bits per heavy atom. The zero-order valence-corrected chi connectivity index (χ0v) is 10.5. The molecule has 0 saturated carbocycles. The number of nitrogens with one attached hydrogen (secondary N) is 1.